The molecule has 0 atom stereocenters. The number of ketones is 1. The quantitative estimate of drug-likeness (QED) is 0.217. The van der Waals surface area contributed by atoms with Crippen molar-refractivity contribution in [1.82, 2.24) is 5.32 Å². The molecule has 2 N–H and O–H groups in total. The average Bonchev–Trinajstić information content (AvgIpc) is 2.97. The van der Waals surface area contributed by atoms with E-state index in [1.165, 1.54) is 13.2 Å². The fourth-order valence-corrected chi connectivity index (χ4v) is 3.63. The van der Waals surface area contributed by atoms with E-state index in [-0.39, 0.29) is 11.5 Å². The second kappa shape index (κ2) is 12.6. The third-order valence-electron chi connectivity index (χ3n) is 5.62. The van der Waals surface area contributed by atoms with Crippen LogP contribution >= 0.6 is 0 Å². The highest BCUT2D eigenvalue weighted by atomic mass is 16.5. The van der Waals surface area contributed by atoms with E-state index in [1.54, 1.807) is 78.9 Å². The number of carbonyl (C=O) groups excluding carboxylic acids is 3. The molecule has 0 saturated carbocycles. The molecule has 6 nitrogen and oxygen atoms in total. The predicted molar refractivity (Wildman–Crippen MR) is 150 cm³/mol. The summed E-state index contributed by atoms with van der Waals surface area (Å²) in [7, 11) is 1.53. The van der Waals surface area contributed by atoms with Crippen LogP contribution in [0.4, 0.5) is 5.69 Å². The molecule has 4 aromatic rings. The Balaban J connectivity index is 1.52. The van der Waals surface area contributed by atoms with Crippen LogP contribution < -0.4 is 15.4 Å². The third kappa shape index (κ3) is 6.92. The Morgan fingerprint density at radius 2 is 1.34 bits per heavy atom. The molecule has 6 heteroatoms. The number of rotatable bonds is 9. The normalized spacial score (nSPS) is 11.1. The fourth-order valence-electron chi connectivity index (χ4n) is 3.63. The molecule has 0 spiro atoms. The molecule has 0 unspecified atom stereocenters. The second-order valence-electron chi connectivity index (χ2n) is 8.26. The summed E-state index contributed by atoms with van der Waals surface area (Å²) in [6, 6.07) is 31.9. The lowest BCUT2D eigenvalue weighted by atomic mass is 10.1. The first kappa shape index (κ1) is 25.9. The predicted octanol–water partition coefficient (Wildman–Crippen LogP) is 6.00. The molecule has 2 amide bonds. The molecule has 0 aliphatic carbocycles. The number of amides is 2. The van der Waals surface area contributed by atoms with Gasteiger partial charge in [0.1, 0.15) is 11.4 Å². The summed E-state index contributed by atoms with van der Waals surface area (Å²) in [6.45, 7) is 0. The van der Waals surface area contributed by atoms with E-state index >= 15 is 0 Å². The van der Waals surface area contributed by atoms with Crippen LogP contribution in [0.25, 0.3) is 12.2 Å². The van der Waals surface area contributed by atoms with Gasteiger partial charge in [0.15, 0.2) is 5.78 Å². The molecule has 0 bridgehead atoms. The smallest absolute Gasteiger partial charge is 0.272 e. The van der Waals surface area contributed by atoms with Crippen LogP contribution in [0.5, 0.6) is 5.75 Å². The van der Waals surface area contributed by atoms with Crippen molar-refractivity contribution in [2.45, 2.75) is 0 Å². The van der Waals surface area contributed by atoms with Crippen molar-refractivity contribution in [3.05, 3.63) is 143 Å². The maximum absolute atomic E-state index is 13.2. The maximum Gasteiger partial charge on any atom is 0.272 e. The number of ether oxygens (including phenoxy) is 1. The minimum Gasteiger partial charge on any atom is -0.496 e. The van der Waals surface area contributed by atoms with Gasteiger partial charge in [0.05, 0.1) is 7.11 Å². The largest absolute Gasteiger partial charge is 0.496 e. The minimum absolute atomic E-state index is 0.0364. The van der Waals surface area contributed by atoms with Gasteiger partial charge >= 0.3 is 0 Å². The Kier molecular flexibility index (Phi) is 8.60. The van der Waals surface area contributed by atoms with Gasteiger partial charge in [-0.15, -0.1) is 0 Å². The molecule has 0 heterocycles. The third-order valence-corrected chi connectivity index (χ3v) is 5.62. The molecule has 4 aromatic carbocycles. The van der Waals surface area contributed by atoms with Crippen molar-refractivity contribution in [2.75, 3.05) is 12.4 Å². The van der Waals surface area contributed by atoms with E-state index in [0.29, 0.717) is 28.1 Å². The number of hydrogen-bond acceptors (Lipinski definition) is 4. The van der Waals surface area contributed by atoms with E-state index in [0.717, 1.165) is 5.56 Å². The zero-order chi connectivity index (χ0) is 26.7. The monoisotopic (exact) mass is 502 g/mol. The molecule has 0 aromatic heterocycles. The van der Waals surface area contributed by atoms with Crippen molar-refractivity contribution >= 4 is 35.4 Å². The topological polar surface area (TPSA) is 84.5 Å². The van der Waals surface area contributed by atoms with Gasteiger partial charge in [-0.1, -0.05) is 72.8 Å². The molecule has 0 aliphatic rings. The van der Waals surface area contributed by atoms with E-state index in [4.69, 9.17) is 4.74 Å². The van der Waals surface area contributed by atoms with Crippen LogP contribution in [-0.2, 0) is 4.79 Å². The van der Waals surface area contributed by atoms with E-state index in [9.17, 15) is 14.4 Å². The summed E-state index contributed by atoms with van der Waals surface area (Å²) in [5, 5.41) is 5.49. The fraction of sp³-hybridized carbons (Fsp3) is 0.0312. The summed E-state index contributed by atoms with van der Waals surface area (Å²) in [5.74, 6) is -0.548. The summed E-state index contributed by atoms with van der Waals surface area (Å²) >= 11 is 0. The number of methoxy groups -OCH3 is 1. The lowest BCUT2D eigenvalue weighted by molar-refractivity contribution is -0.113. The van der Waals surface area contributed by atoms with Crippen LogP contribution in [0.1, 0.15) is 31.8 Å². The molecule has 0 radical (unpaired) electrons. The Labute approximate surface area is 221 Å². The van der Waals surface area contributed by atoms with Crippen LogP contribution in [0.15, 0.2) is 121 Å². The molecule has 188 valence electrons. The Morgan fingerprint density at radius 3 is 2.03 bits per heavy atom. The van der Waals surface area contributed by atoms with Gasteiger partial charge in [-0.3, -0.25) is 14.4 Å². The van der Waals surface area contributed by atoms with Crippen LogP contribution in [0, 0.1) is 0 Å². The molecule has 0 aliphatic heterocycles. The Hall–Kier alpha value is -5.23. The summed E-state index contributed by atoms with van der Waals surface area (Å²) in [4.78, 5) is 38.6. The standard InChI is InChI=1S/C32H26N2O4/c1-38-30-15-9-8-14-26(30)22-28(34-31(36)25-12-6-3-7-13-25)32(37)33-27-19-17-24(18-20-27)29(35)21-16-23-10-4-2-5-11-23/h2-22H,1H3,(H,33,37)(H,34,36)/b21-16+,28-22-. The number of anilines is 1. The lowest BCUT2D eigenvalue weighted by Gasteiger charge is -2.12. The minimum atomic E-state index is -0.525. The van der Waals surface area contributed by atoms with Crippen molar-refractivity contribution in [2.24, 2.45) is 0 Å². The van der Waals surface area contributed by atoms with Crippen molar-refractivity contribution in [1.29, 1.82) is 0 Å². The van der Waals surface area contributed by atoms with E-state index < -0.39 is 11.8 Å². The van der Waals surface area contributed by atoms with Crippen LogP contribution in [0.2, 0.25) is 0 Å². The molecular formula is C32H26N2O4. The number of nitrogens with one attached hydrogen (secondary N) is 2. The first-order chi connectivity index (χ1) is 18.5. The highest BCUT2D eigenvalue weighted by Crippen LogP contribution is 2.21. The first-order valence-electron chi connectivity index (χ1n) is 11.9. The van der Waals surface area contributed by atoms with Crippen molar-refractivity contribution < 1.29 is 19.1 Å². The number of allylic oxidation sites excluding steroid dienone is 1. The zero-order valence-electron chi connectivity index (χ0n) is 20.8. The van der Waals surface area contributed by atoms with Crippen LogP contribution in [-0.4, -0.2) is 24.7 Å². The second-order valence-corrected chi connectivity index (χ2v) is 8.26. The number of para-hydroxylation sites is 1. The molecule has 0 saturated heterocycles. The summed E-state index contributed by atoms with van der Waals surface area (Å²) in [5.41, 5.74) is 2.96. The highest BCUT2D eigenvalue weighted by molar-refractivity contribution is 6.11. The van der Waals surface area contributed by atoms with Gasteiger partial charge in [0, 0.05) is 22.4 Å². The summed E-state index contributed by atoms with van der Waals surface area (Å²) < 4.78 is 5.39. The number of hydrogen-bond donors (Lipinski definition) is 2. The van der Waals surface area contributed by atoms with Gasteiger partial charge in [-0.25, -0.2) is 0 Å². The van der Waals surface area contributed by atoms with Gasteiger partial charge in [0.2, 0.25) is 0 Å². The van der Waals surface area contributed by atoms with E-state index in [1.807, 2.05) is 42.5 Å². The van der Waals surface area contributed by atoms with Gasteiger partial charge in [0.25, 0.3) is 11.8 Å². The Morgan fingerprint density at radius 1 is 0.711 bits per heavy atom. The first-order valence-corrected chi connectivity index (χ1v) is 11.9. The number of benzene rings is 4. The molecule has 0 fully saturated rings. The van der Waals surface area contributed by atoms with E-state index in [2.05, 4.69) is 10.6 Å². The SMILES string of the molecule is COc1ccccc1/C=C(\NC(=O)c1ccccc1)C(=O)Nc1ccc(C(=O)/C=C/c2ccccc2)cc1. The Bertz CT molecular complexity index is 1480. The van der Waals surface area contributed by atoms with Gasteiger partial charge in [-0.2, -0.15) is 0 Å². The molecule has 38 heavy (non-hydrogen) atoms. The average molecular weight is 503 g/mol. The molecular weight excluding hydrogens is 476 g/mol. The maximum atomic E-state index is 13.2. The van der Waals surface area contributed by atoms with Gasteiger partial charge in [-0.05, 0) is 60.2 Å². The highest BCUT2D eigenvalue weighted by Gasteiger charge is 2.16. The number of carbonyl (C=O) groups is 3. The van der Waals surface area contributed by atoms with Crippen LogP contribution in [0.3, 0.4) is 0 Å². The van der Waals surface area contributed by atoms with Crippen molar-refractivity contribution in [3.8, 4) is 5.75 Å². The lowest BCUT2D eigenvalue weighted by Crippen LogP contribution is -2.30. The zero-order valence-corrected chi connectivity index (χ0v) is 20.8. The summed E-state index contributed by atoms with van der Waals surface area (Å²) in [6.07, 6.45) is 4.82. The molecule has 4 rings (SSSR count). The van der Waals surface area contributed by atoms with Crippen molar-refractivity contribution in [3.63, 3.8) is 0 Å². The van der Waals surface area contributed by atoms with Gasteiger partial charge < -0.3 is 15.4 Å².